The zero-order valence-electron chi connectivity index (χ0n) is 13.4. The third kappa shape index (κ3) is 4.19. The Hall–Kier alpha value is -0.610. The second kappa shape index (κ2) is 5.64. The molecule has 2 N–H and O–H groups in total. The van der Waals surface area contributed by atoms with Crippen LogP contribution in [0.25, 0.3) is 0 Å². The molecule has 20 heavy (non-hydrogen) atoms. The average Bonchev–Trinajstić information content (AvgIpc) is 2.28. The third-order valence-electron chi connectivity index (χ3n) is 4.40. The second-order valence-electron chi connectivity index (χ2n) is 7.86. The van der Waals surface area contributed by atoms with Crippen LogP contribution in [0.15, 0.2) is 0 Å². The summed E-state index contributed by atoms with van der Waals surface area (Å²) >= 11 is 0. The summed E-state index contributed by atoms with van der Waals surface area (Å²) in [6, 6.07) is 0.350. The van der Waals surface area contributed by atoms with Crippen molar-refractivity contribution in [3.8, 4) is 0 Å². The maximum atomic E-state index is 12.6. The molecule has 4 heteroatoms. The van der Waals surface area contributed by atoms with Gasteiger partial charge in [-0.25, -0.2) is 0 Å². The highest BCUT2D eigenvalue weighted by Crippen LogP contribution is 2.31. The van der Waals surface area contributed by atoms with Crippen molar-refractivity contribution in [2.75, 3.05) is 13.1 Å². The van der Waals surface area contributed by atoms with Gasteiger partial charge in [0.05, 0.1) is 11.2 Å². The Morgan fingerprint density at radius 3 is 2.10 bits per heavy atom. The summed E-state index contributed by atoms with van der Waals surface area (Å²) in [7, 11) is 0. The van der Waals surface area contributed by atoms with E-state index >= 15 is 0 Å². The van der Waals surface area contributed by atoms with Crippen LogP contribution in [-0.4, -0.2) is 41.1 Å². The Morgan fingerprint density at radius 2 is 1.60 bits per heavy atom. The molecule has 2 fully saturated rings. The molecular formula is C16H30N2O2. The van der Waals surface area contributed by atoms with Crippen LogP contribution in [-0.2, 0) is 9.53 Å². The number of carbonyl (C=O) groups is 1. The Balaban J connectivity index is 1.91. The number of rotatable bonds is 2. The van der Waals surface area contributed by atoms with E-state index in [1.807, 2.05) is 4.90 Å². The first-order valence-electron chi connectivity index (χ1n) is 7.90. The van der Waals surface area contributed by atoms with Crippen molar-refractivity contribution in [3.05, 3.63) is 0 Å². The minimum Gasteiger partial charge on any atom is -0.366 e. The molecule has 116 valence electrons. The molecule has 1 aliphatic carbocycles. The van der Waals surface area contributed by atoms with Crippen molar-refractivity contribution in [1.29, 1.82) is 0 Å². The van der Waals surface area contributed by atoms with Gasteiger partial charge in [0.25, 0.3) is 0 Å². The standard InChI is InChI=1S/C16H30N2O2/c1-15(2)10-18(11-16(3,4)20-15)14(19)9-12-5-7-13(17)8-6-12/h12-13H,5-11,17H2,1-4H3. The van der Waals surface area contributed by atoms with Crippen LogP contribution in [0.5, 0.6) is 0 Å². The quantitative estimate of drug-likeness (QED) is 0.845. The van der Waals surface area contributed by atoms with E-state index in [2.05, 4.69) is 27.7 Å². The first-order valence-corrected chi connectivity index (χ1v) is 7.90. The number of ether oxygens (including phenoxy) is 1. The molecule has 1 heterocycles. The monoisotopic (exact) mass is 282 g/mol. The number of nitrogens with two attached hydrogens (primary N) is 1. The van der Waals surface area contributed by atoms with Crippen molar-refractivity contribution >= 4 is 5.91 Å². The first kappa shape index (κ1) is 15.8. The van der Waals surface area contributed by atoms with Crippen molar-refractivity contribution in [2.45, 2.75) is 77.0 Å². The molecule has 2 aliphatic rings. The van der Waals surface area contributed by atoms with Gasteiger partial charge in [0, 0.05) is 25.6 Å². The number of carbonyl (C=O) groups excluding carboxylic acids is 1. The smallest absolute Gasteiger partial charge is 0.223 e. The van der Waals surface area contributed by atoms with E-state index in [0.717, 1.165) is 25.7 Å². The molecule has 0 bridgehead atoms. The van der Waals surface area contributed by atoms with Crippen LogP contribution in [0.4, 0.5) is 0 Å². The first-order chi connectivity index (χ1) is 9.17. The van der Waals surface area contributed by atoms with Gasteiger partial charge < -0.3 is 15.4 Å². The highest BCUT2D eigenvalue weighted by Gasteiger charge is 2.40. The summed E-state index contributed by atoms with van der Waals surface area (Å²) in [5.41, 5.74) is 5.41. The predicted octanol–water partition coefficient (Wildman–Crippen LogP) is 2.31. The normalized spacial score (nSPS) is 33.0. The summed E-state index contributed by atoms with van der Waals surface area (Å²) in [5, 5.41) is 0. The third-order valence-corrected chi connectivity index (χ3v) is 4.40. The molecule has 0 radical (unpaired) electrons. The number of nitrogens with zero attached hydrogens (tertiary/aromatic N) is 1. The number of morpholine rings is 1. The summed E-state index contributed by atoms with van der Waals surface area (Å²) < 4.78 is 6.04. The van der Waals surface area contributed by atoms with Crippen molar-refractivity contribution < 1.29 is 9.53 Å². The van der Waals surface area contributed by atoms with Gasteiger partial charge in [-0.2, -0.15) is 0 Å². The Bertz CT molecular complexity index is 341. The fourth-order valence-electron chi connectivity index (χ4n) is 3.73. The number of amides is 1. The molecule has 1 saturated carbocycles. The van der Waals surface area contributed by atoms with Gasteiger partial charge in [0.15, 0.2) is 0 Å². The highest BCUT2D eigenvalue weighted by molar-refractivity contribution is 5.76. The summed E-state index contributed by atoms with van der Waals surface area (Å²) in [4.78, 5) is 14.6. The lowest BCUT2D eigenvalue weighted by molar-refractivity contribution is -0.188. The zero-order valence-corrected chi connectivity index (χ0v) is 13.4. The summed E-state index contributed by atoms with van der Waals surface area (Å²) in [6.45, 7) is 9.65. The van der Waals surface area contributed by atoms with Gasteiger partial charge in [0.2, 0.25) is 5.91 Å². The Kier molecular flexibility index (Phi) is 4.45. The SMILES string of the molecule is CC1(C)CN(C(=O)CC2CCC(N)CC2)CC(C)(C)O1. The zero-order chi connectivity index (χ0) is 15.0. The molecule has 0 spiro atoms. The van der Waals surface area contributed by atoms with E-state index in [1.165, 1.54) is 0 Å². The van der Waals surface area contributed by atoms with Crippen molar-refractivity contribution in [2.24, 2.45) is 11.7 Å². The average molecular weight is 282 g/mol. The second-order valence-corrected chi connectivity index (χ2v) is 7.86. The molecule has 1 saturated heterocycles. The van der Waals surface area contributed by atoms with Gasteiger partial charge in [-0.05, 0) is 59.3 Å². The van der Waals surface area contributed by atoms with E-state index in [4.69, 9.17) is 10.5 Å². The molecule has 0 aromatic heterocycles. The van der Waals surface area contributed by atoms with Crippen LogP contribution in [0.1, 0.15) is 59.8 Å². The minimum absolute atomic E-state index is 0.258. The van der Waals surface area contributed by atoms with Crippen molar-refractivity contribution in [3.63, 3.8) is 0 Å². The predicted molar refractivity (Wildman–Crippen MR) is 80.4 cm³/mol. The molecule has 0 aromatic rings. The van der Waals surface area contributed by atoms with Gasteiger partial charge in [-0.15, -0.1) is 0 Å². The van der Waals surface area contributed by atoms with Gasteiger partial charge in [-0.1, -0.05) is 0 Å². The lowest BCUT2D eigenvalue weighted by atomic mass is 9.84. The van der Waals surface area contributed by atoms with Crippen LogP contribution in [0.3, 0.4) is 0 Å². The number of hydrogen-bond donors (Lipinski definition) is 1. The van der Waals surface area contributed by atoms with Crippen LogP contribution in [0, 0.1) is 5.92 Å². The molecule has 1 aliphatic heterocycles. The molecule has 0 aromatic carbocycles. The molecule has 0 unspecified atom stereocenters. The van der Waals surface area contributed by atoms with Crippen LogP contribution < -0.4 is 5.73 Å². The lowest BCUT2D eigenvalue weighted by Crippen LogP contribution is -2.58. The van der Waals surface area contributed by atoms with E-state index in [9.17, 15) is 4.79 Å². The van der Waals surface area contributed by atoms with Gasteiger partial charge >= 0.3 is 0 Å². The molecule has 0 atom stereocenters. The maximum absolute atomic E-state index is 12.6. The van der Waals surface area contributed by atoms with E-state index < -0.39 is 0 Å². The van der Waals surface area contributed by atoms with Gasteiger partial charge in [-0.3, -0.25) is 4.79 Å². The molecule has 4 nitrogen and oxygen atoms in total. The van der Waals surface area contributed by atoms with Gasteiger partial charge in [0.1, 0.15) is 0 Å². The topological polar surface area (TPSA) is 55.6 Å². The van der Waals surface area contributed by atoms with Crippen LogP contribution in [0.2, 0.25) is 0 Å². The highest BCUT2D eigenvalue weighted by atomic mass is 16.5. The Morgan fingerprint density at radius 1 is 1.10 bits per heavy atom. The summed E-state index contributed by atoms with van der Waals surface area (Å²) in [5.74, 6) is 0.811. The van der Waals surface area contributed by atoms with E-state index in [1.54, 1.807) is 0 Å². The Labute approximate surface area is 123 Å². The van der Waals surface area contributed by atoms with Crippen LogP contribution >= 0.6 is 0 Å². The number of hydrogen-bond acceptors (Lipinski definition) is 3. The molecule has 2 rings (SSSR count). The summed E-state index contributed by atoms with van der Waals surface area (Å²) in [6.07, 6.45) is 5.02. The largest absolute Gasteiger partial charge is 0.366 e. The van der Waals surface area contributed by atoms with E-state index in [-0.39, 0.29) is 17.1 Å². The molecule has 1 amide bonds. The fraction of sp³-hybridized carbons (Fsp3) is 0.938. The molecular weight excluding hydrogens is 252 g/mol. The maximum Gasteiger partial charge on any atom is 0.223 e. The minimum atomic E-state index is -0.258. The lowest BCUT2D eigenvalue weighted by Gasteiger charge is -2.47. The van der Waals surface area contributed by atoms with Crippen molar-refractivity contribution in [1.82, 2.24) is 4.90 Å². The fourth-order valence-corrected chi connectivity index (χ4v) is 3.73. The van der Waals surface area contributed by atoms with E-state index in [0.29, 0.717) is 31.5 Å².